The third-order valence-electron chi connectivity index (χ3n) is 3.98. The van der Waals surface area contributed by atoms with Crippen molar-refractivity contribution in [3.63, 3.8) is 0 Å². The van der Waals surface area contributed by atoms with E-state index in [-0.39, 0.29) is 0 Å². The number of rotatable bonds is 6. The van der Waals surface area contributed by atoms with E-state index in [0.717, 1.165) is 0 Å². The fourth-order valence-electron chi connectivity index (χ4n) is 3.07. The molecule has 0 bridgehead atoms. The summed E-state index contributed by atoms with van der Waals surface area (Å²) in [6, 6.07) is 0. The molecule has 1 aliphatic rings. The highest BCUT2D eigenvalue weighted by molar-refractivity contribution is 6.14. The Bertz CT molecular complexity index is 505. The van der Waals surface area contributed by atoms with E-state index in [9.17, 15) is 34.2 Å². The molecular weight excluding hydrogens is 292 g/mol. The van der Waals surface area contributed by atoms with Crippen LogP contribution in [0.3, 0.4) is 0 Å². The van der Waals surface area contributed by atoms with E-state index in [2.05, 4.69) is 0 Å². The Balaban J connectivity index is 3.70. The highest BCUT2D eigenvalue weighted by Gasteiger charge is 2.77. The van der Waals surface area contributed by atoms with Crippen LogP contribution in [0.4, 0.5) is 0 Å². The Morgan fingerprint density at radius 1 is 0.810 bits per heavy atom. The predicted molar refractivity (Wildman–Crippen MR) is 60.4 cm³/mol. The highest BCUT2D eigenvalue weighted by atomic mass is 16.4. The van der Waals surface area contributed by atoms with Gasteiger partial charge in [-0.3, -0.25) is 24.0 Å². The van der Waals surface area contributed by atoms with Gasteiger partial charge in [-0.15, -0.1) is 0 Å². The molecule has 10 nitrogen and oxygen atoms in total. The van der Waals surface area contributed by atoms with Gasteiger partial charge in [0.25, 0.3) is 0 Å². The van der Waals surface area contributed by atoms with Crippen LogP contribution in [0, 0.1) is 16.7 Å². The van der Waals surface area contributed by atoms with Crippen molar-refractivity contribution in [3.05, 3.63) is 0 Å². The highest BCUT2D eigenvalue weighted by Crippen LogP contribution is 2.58. The second-order valence-corrected chi connectivity index (χ2v) is 4.77. The van der Waals surface area contributed by atoms with Crippen molar-refractivity contribution in [2.45, 2.75) is 19.3 Å². The molecule has 5 N–H and O–H groups in total. The molecule has 10 heteroatoms. The molecule has 116 valence electrons. The Morgan fingerprint density at radius 3 is 1.52 bits per heavy atom. The molecule has 1 atom stereocenters. The van der Waals surface area contributed by atoms with Crippen molar-refractivity contribution < 1.29 is 49.5 Å². The van der Waals surface area contributed by atoms with Crippen LogP contribution in [0.25, 0.3) is 0 Å². The molecule has 1 rings (SSSR count). The first kappa shape index (κ1) is 16.4. The zero-order valence-corrected chi connectivity index (χ0v) is 10.5. The lowest BCUT2D eigenvalue weighted by atomic mass is 9.61. The molecule has 0 heterocycles. The molecule has 0 radical (unpaired) electrons. The summed E-state index contributed by atoms with van der Waals surface area (Å²) in [5, 5.41) is 45.6. The van der Waals surface area contributed by atoms with Gasteiger partial charge < -0.3 is 25.5 Å². The van der Waals surface area contributed by atoms with Crippen LogP contribution >= 0.6 is 0 Å². The number of carboxylic acid groups (broad SMARTS) is 5. The van der Waals surface area contributed by atoms with Gasteiger partial charge in [0.2, 0.25) is 0 Å². The van der Waals surface area contributed by atoms with Crippen LogP contribution in [0.5, 0.6) is 0 Å². The Morgan fingerprint density at radius 2 is 1.24 bits per heavy atom. The van der Waals surface area contributed by atoms with Crippen LogP contribution in [0.15, 0.2) is 0 Å². The maximum atomic E-state index is 11.5. The molecular formula is C11H12O10. The zero-order chi connectivity index (χ0) is 16.6. The Kier molecular flexibility index (Phi) is 3.93. The number of carboxylic acids is 5. The SMILES string of the molecule is O=C(O)CC1CCC(C(=O)O)(C(=O)O)C1(C(=O)O)C(=O)O. The number of hydrogen-bond acceptors (Lipinski definition) is 5. The molecule has 0 aliphatic heterocycles. The summed E-state index contributed by atoms with van der Waals surface area (Å²) in [7, 11) is 0. The van der Waals surface area contributed by atoms with Crippen LogP contribution in [-0.2, 0) is 24.0 Å². The molecule has 21 heavy (non-hydrogen) atoms. The van der Waals surface area contributed by atoms with Gasteiger partial charge in [0, 0.05) is 6.42 Å². The van der Waals surface area contributed by atoms with Crippen molar-refractivity contribution >= 4 is 29.8 Å². The molecule has 1 aliphatic carbocycles. The van der Waals surface area contributed by atoms with Crippen molar-refractivity contribution in [3.8, 4) is 0 Å². The lowest BCUT2D eigenvalue weighted by Gasteiger charge is -2.35. The van der Waals surface area contributed by atoms with Gasteiger partial charge in [-0.1, -0.05) is 0 Å². The van der Waals surface area contributed by atoms with E-state index >= 15 is 0 Å². The predicted octanol–water partition coefficient (Wildman–Crippen LogP) is -0.818. The topological polar surface area (TPSA) is 186 Å². The average Bonchev–Trinajstić information content (AvgIpc) is 2.64. The van der Waals surface area contributed by atoms with E-state index in [1.807, 2.05) is 0 Å². The van der Waals surface area contributed by atoms with Crippen LogP contribution in [0.2, 0.25) is 0 Å². The van der Waals surface area contributed by atoms with E-state index in [1.54, 1.807) is 0 Å². The number of aliphatic carboxylic acids is 5. The number of hydrogen-bond donors (Lipinski definition) is 5. The summed E-state index contributed by atoms with van der Waals surface area (Å²) in [6.45, 7) is 0. The summed E-state index contributed by atoms with van der Waals surface area (Å²) in [4.78, 5) is 56.5. The molecule has 0 saturated heterocycles. The van der Waals surface area contributed by atoms with Gasteiger partial charge in [-0.05, 0) is 18.8 Å². The molecule has 1 fully saturated rings. The van der Waals surface area contributed by atoms with Gasteiger partial charge in [0.15, 0.2) is 10.8 Å². The molecule has 0 amide bonds. The monoisotopic (exact) mass is 304 g/mol. The fourth-order valence-corrected chi connectivity index (χ4v) is 3.07. The minimum absolute atomic E-state index is 0.455. The second kappa shape index (κ2) is 5.04. The molecule has 0 spiro atoms. The van der Waals surface area contributed by atoms with Gasteiger partial charge >= 0.3 is 29.8 Å². The smallest absolute Gasteiger partial charge is 0.323 e. The van der Waals surface area contributed by atoms with E-state index in [0.29, 0.717) is 0 Å². The van der Waals surface area contributed by atoms with Crippen LogP contribution in [0.1, 0.15) is 19.3 Å². The third kappa shape index (κ3) is 1.90. The first-order chi connectivity index (χ1) is 9.55. The largest absolute Gasteiger partial charge is 0.481 e. The lowest BCUT2D eigenvalue weighted by Crippen LogP contribution is -2.60. The summed E-state index contributed by atoms with van der Waals surface area (Å²) in [6.07, 6.45) is -2.20. The van der Waals surface area contributed by atoms with E-state index < -0.39 is 65.9 Å². The first-order valence-corrected chi connectivity index (χ1v) is 5.70. The Labute approximate surface area is 116 Å². The molecule has 1 saturated carbocycles. The van der Waals surface area contributed by atoms with Gasteiger partial charge in [-0.25, -0.2) is 0 Å². The van der Waals surface area contributed by atoms with E-state index in [1.165, 1.54) is 0 Å². The minimum atomic E-state index is -3.25. The summed E-state index contributed by atoms with van der Waals surface area (Å²) in [5.74, 6) is -11.8. The molecule has 1 unspecified atom stereocenters. The van der Waals surface area contributed by atoms with Gasteiger partial charge in [0.05, 0.1) is 0 Å². The average molecular weight is 304 g/mol. The molecule has 0 aromatic heterocycles. The summed E-state index contributed by atoms with van der Waals surface area (Å²) >= 11 is 0. The van der Waals surface area contributed by atoms with Gasteiger partial charge in [-0.2, -0.15) is 0 Å². The maximum Gasteiger partial charge on any atom is 0.323 e. The minimum Gasteiger partial charge on any atom is -0.481 e. The quantitative estimate of drug-likeness (QED) is 0.388. The lowest BCUT2D eigenvalue weighted by molar-refractivity contribution is -0.195. The van der Waals surface area contributed by atoms with Gasteiger partial charge in [0.1, 0.15) is 0 Å². The normalized spacial score (nSPS) is 22.4. The zero-order valence-electron chi connectivity index (χ0n) is 10.5. The van der Waals surface area contributed by atoms with Crippen molar-refractivity contribution in [1.29, 1.82) is 0 Å². The number of carbonyl (C=O) groups is 5. The van der Waals surface area contributed by atoms with Crippen LogP contribution < -0.4 is 0 Å². The van der Waals surface area contributed by atoms with Crippen molar-refractivity contribution in [2.75, 3.05) is 0 Å². The maximum absolute atomic E-state index is 11.5. The second-order valence-electron chi connectivity index (χ2n) is 4.77. The molecule has 0 aromatic rings. The van der Waals surface area contributed by atoms with E-state index in [4.69, 9.17) is 15.3 Å². The van der Waals surface area contributed by atoms with Crippen molar-refractivity contribution in [1.82, 2.24) is 0 Å². The standard InChI is InChI=1S/C11H12O10/c12-5(13)3-4-1-2-10(6(14)15,7(16)17)11(4,8(18)19)9(20)21/h4H,1-3H2,(H,12,13)(H,14,15)(H,16,17)(H,18,19)(H,20,21). The fraction of sp³-hybridized carbons (Fsp3) is 0.545. The first-order valence-electron chi connectivity index (χ1n) is 5.70. The Hall–Kier alpha value is -2.65. The van der Waals surface area contributed by atoms with Crippen molar-refractivity contribution in [2.24, 2.45) is 16.7 Å². The molecule has 0 aromatic carbocycles. The summed E-state index contributed by atoms with van der Waals surface area (Å²) < 4.78 is 0. The van der Waals surface area contributed by atoms with Crippen LogP contribution in [-0.4, -0.2) is 55.4 Å². The summed E-state index contributed by atoms with van der Waals surface area (Å²) in [5.41, 5.74) is -6.37. The third-order valence-corrected chi connectivity index (χ3v) is 3.98.